The molecule has 0 amide bonds. The van der Waals surface area contributed by atoms with E-state index in [1.165, 1.54) is 5.56 Å². The Bertz CT molecular complexity index is 505. The highest BCUT2D eigenvalue weighted by Gasteiger charge is 2.04. The number of nitrogens with one attached hydrogen (secondary N) is 1. The monoisotopic (exact) mass is 245 g/mol. The van der Waals surface area contributed by atoms with Crippen molar-refractivity contribution in [2.24, 2.45) is 5.73 Å². The summed E-state index contributed by atoms with van der Waals surface area (Å²) in [5, 5.41) is 11.7. The van der Waals surface area contributed by atoms with Gasteiger partial charge in [0.1, 0.15) is 5.84 Å². The molecule has 2 rings (SSSR count). The van der Waals surface area contributed by atoms with Gasteiger partial charge in [-0.25, -0.2) is 0 Å². The number of rotatable bonds is 4. The van der Waals surface area contributed by atoms with Crippen molar-refractivity contribution in [3.8, 4) is 0 Å². The molecule has 0 bridgehead atoms. The first-order valence-corrected chi connectivity index (χ1v) is 6.28. The van der Waals surface area contributed by atoms with Gasteiger partial charge in [0.25, 0.3) is 0 Å². The Kier molecular flexibility index (Phi) is 3.44. The SMILES string of the molecule is CN(Cc1ccsc1)c1cccc(C(=N)N)c1. The van der Waals surface area contributed by atoms with E-state index in [9.17, 15) is 0 Å². The minimum absolute atomic E-state index is 0.107. The Morgan fingerprint density at radius 1 is 1.41 bits per heavy atom. The number of benzene rings is 1. The number of amidine groups is 1. The predicted molar refractivity (Wildman–Crippen MR) is 73.9 cm³/mol. The average Bonchev–Trinajstić information content (AvgIpc) is 2.82. The molecule has 1 aromatic heterocycles. The Labute approximate surface area is 105 Å². The van der Waals surface area contributed by atoms with E-state index in [0.717, 1.165) is 17.8 Å². The minimum atomic E-state index is 0.107. The number of nitrogens with two attached hydrogens (primary N) is 1. The molecule has 2 aromatic rings. The molecule has 17 heavy (non-hydrogen) atoms. The highest BCUT2D eigenvalue weighted by Crippen LogP contribution is 2.18. The van der Waals surface area contributed by atoms with E-state index < -0.39 is 0 Å². The lowest BCUT2D eigenvalue weighted by Gasteiger charge is -2.19. The molecule has 0 fully saturated rings. The number of nitrogens with zero attached hydrogens (tertiary/aromatic N) is 1. The lowest BCUT2D eigenvalue weighted by molar-refractivity contribution is 0.927. The highest BCUT2D eigenvalue weighted by molar-refractivity contribution is 7.07. The summed E-state index contributed by atoms with van der Waals surface area (Å²) in [4.78, 5) is 2.15. The zero-order chi connectivity index (χ0) is 12.3. The van der Waals surface area contributed by atoms with Crippen LogP contribution < -0.4 is 10.6 Å². The molecule has 0 spiro atoms. The second-order valence-electron chi connectivity index (χ2n) is 3.95. The van der Waals surface area contributed by atoms with Crippen molar-refractivity contribution >= 4 is 22.9 Å². The smallest absolute Gasteiger partial charge is 0.122 e. The molecular formula is C13H15N3S. The van der Waals surface area contributed by atoms with Crippen LogP contribution >= 0.6 is 11.3 Å². The Morgan fingerprint density at radius 2 is 2.24 bits per heavy atom. The van der Waals surface area contributed by atoms with Crippen molar-refractivity contribution in [3.63, 3.8) is 0 Å². The van der Waals surface area contributed by atoms with Crippen LogP contribution in [-0.4, -0.2) is 12.9 Å². The third-order valence-electron chi connectivity index (χ3n) is 2.60. The van der Waals surface area contributed by atoms with E-state index in [1.807, 2.05) is 31.3 Å². The van der Waals surface area contributed by atoms with Gasteiger partial charge in [-0.2, -0.15) is 11.3 Å². The summed E-state index contributed by atoms with van der Waals surface area (Å²) in [6, 6.07) is 9.87. The summed E-state index contributed by atoms with van der Waals surface area (Å²) in [7, 11) is 2.04. The second-order valence-corrected chi connectivity index (χ2v) is 4.73. The first-order chi connectivity index (χ1) is 8.16. The van der Waals surface area contributed by atoms with Crippen LogP contribution in [-0.2, 0) is 6.54 Å². The van der Waals surface area contributed by atoms with Crippen LogP contribution in [0.4, 0.5) is 5.69 Å². The zero-order valence-electron chi connectivity index (χ0n) is 9.68. The maximum atomic E-state index is 7.43. The summed E-state index contributed by atoms with van der Waals surface area (Å²) >= 11 is 1.70. The van der Waals surface area contributed by atoms with Gasteiger partial charge in [-0.15, -0.1) is 0 Å². The summed E-state index contributed by atoms with van der Waals surface area (Å²) < 4.78 is 0. The molecule has 3 N–H and O–H groups in total. The van der Waals surface area contributed by atoms with E-state index in [0.29, 0.717) is 0 Å². The van der Waals surface area contributed by atoms with Gasteiger partial charge in [0.15, 0.2) is 0 Å². The topological polar surface area (TPSA) is 53.1 Å². The maximum absolute atomic E-state index is 7.43. The lowest BCUT2D eigenvalue weighted by atomic mass is 10.1. The fourth-order valence-electron chi connectivity index (χ4n) is 1.66. The molecule has 4 heteroatoms. The van der Waals surface area contributed by atoms with Gasteiger partial charge in [0.05, 0.1) is 0 Å². The van der Waals surface area contributed by atoms with Crippen LogP contribution in [0.1, 0.15) is 11.1 Å². The standard InChI is InChI=1S/C13H15N3S/c1-16(8-10-5-6-17-9-10)12-4-2-3-11(7-12)13(14)15/h2-7,9H,8H2,1H3,(H3,14,15). The molecule has 0 aliphatic carbocycles. The summed E-state index contributed by atoms with van der Waals surface area (Å²) in [6.45, 7) is 0.866. The van der Waals surface area contributed by atoms with Crippen LogP contribution in [0.5, 0.6) is 0 Å². The average molecular weight is 245 g/mol. The van der Waals surface area contributed by atoms with E-state index in [-0.39, 0.29) is 5.84 Å². The molecule has 3 nitrogen and oxygen atoms in total. The van der Waals surface area contributed by atoms with Crippen molar-refractivity contribution in [2.75, 3.05) is 11.9 Å². The summed E-state index contributed by atoms with van der Waals surface area (Å²) in [5.74, 6) is 0.107. The van der Waals surface area contributed by atoms with Crippen molar-refractivity contribution in [2.45, 2.75) is 6.54 Å². The number of nitrogen functional groups attached to an aromatic ring is 1. The fourth-order valence-corrected chi connectivity index (χ4v) is 2.32. The third-order valence-corrected chi connectivity index (χ3v) is 3.33. The second kappa shape index (κ2) is 5.01. The molecule has 0 aliphatic rings. The van der Waals surface area contributed by atoms with Crippen LogP contribution in [0.3, 0.4) is 0 Å². The van der Waals surface area contributed by atoms with Crippen LogP contribution in [0, 0.1) is 5.41 Å². The third kappa shape index (κ3) is 2.85. The molecule has 0 atom stereocenters. The molecule has 0 saturated heterocycles. The van der Waals surface area contributed by atoms with Crippen molar-refractivity contribution in [1.82, 2.24) is 0 Å². The molecule has 0 saturated carbocycles. The molecule has 0 unspecified atom stereocenters. The van der Waals surface area contributed by atoms with Gasteiger partial charge in [-0.05, 0) is 34.5 Å². The molecule has 88 valence electrons. The number of hydrogen-bond donors (Lipinski definition) is 2. The van der Waals surface area contributed by atoms with Crippen molar-refractivity contribution in [1.29, 1.82) is 5.41 Å². The summed E-state index contributed by atoms with van der Waals surface area (Å²) in [6.07, 6.45) is 0. The predicted octanol–water partition coefficient (Wildman–Crippen LogP) is 2.67. The molecule has 1 heterocycles. The van der Waals surface area contributed by atoms with Gasteiger partial charge in [-0.3, -0.25) is 5.41 Å². The molecule has 0 aliphatic heterocycles. The minimum Gasteiger partial charge on any atom is -0.384 e. The van der Waals surface area contributed by atoms with Crippen molar-refractivity contribution in [3.05, 3.63) is 52.2 Å². The summed E-state index contributed by atoms with van der Waals surface area (Å²) in [5.41, 5.74) is 8.62. The van der Waals surface area contributed by atoms with E-state index in [2.05, 4.69) is 21.7 Å². The quantitative estimate of drug-likeness (QED) is 0.642. The maximum Gasteiger partial charge on any atom is 0.122 e. The van der Waals surface area contributed by atoms with Gasteiger partial charge in [-0.1, -0.05) is 12.1 Å². The highest BCUT2D eigenvalue weighted by atomic mass is 32.1. The van der Waals surface area contributed by atoms with Crippen LogP contribution in [0.2, 0.25) is 0 Å². The molecular weight excluding hydrogens is 230 g/mol. The van der Waals surface area contributed by atoms with Crippen LogP contribution in [0.15, 0.2) is 41.1 Å². The van der Waals surface area contributed by atoms with E-state index in [4.69, 9.17) is 11.1 Å². The largest absolute Gasteiger partial charge is 0.384 e. The van der Waals surface area contributed by atoms with Gasteiger partial charge in [0, 0.05) is 24.8 Å². The first-order valence-electron chi connectivity index (χ1n) is 5.33. The molecule has 1 aromatic carbocycles. The fraction of sp³-hybridized carbons (Fsp3) is 0.154. The molecule has 0 radical (unpaired) electrons. The van der Waals surface area contributed by atoms with Gasteiger partial charge in [0.2, 0.25) is 0 Å². The van der Waals surface area contributed by atoms with Gasteiger partial charge >= 0.3 is 0 Å². The number of thiophene rings is 1. The number of anilines is 1. The first kappa shape index (κ1) is 11.7. The van der Waals surface area contributed by atoms with Crippen LogP contribution in [0.25, 0.3) is 0 Å². The Morgan fingerprint density at radius 3 is 2.88 bits per heavy atom. The Hall–Kier alpha value is -1.81. The van der Waals surface area contributed by atoms with Crippen molar-refractivity contribution < 1.29 is 0 Å². The zero-order valence-corrected chi connectivity index (χ0v) is 10.5. The van der Waals surface area contributed by atoms with E-state index in [1.54, 1.807) is 11.3 Å². The lowest BCUT2D eigenvalue weighted by Crippen LogP contribution is -2.17. The van der Waals surface area contributed by atoms with Gasteiger partial charge < -0.3 is 10.6 Å². The van der Waals surface area contributed by atoms with E-state index >= 15 is 0 Å². The number of hydrogen-bond acceptors (Lipinski definition) is 3. The Balaban J connectivity index is 2.16. The normalized spacial score (nSPS) is 10.2.